The molecule has 1 aliphatic heterocycles. The third kappa shape index (κ3) is 4.24. The van der Waals surface area contributed by atoms with Crippen molar-refractivity contribution >= 4 is 34.9 Å². The summed E-state index contributed by atoms with van der Waals surface area (Å²) in [5.41, 5.74) is 1.89. The summed E-state index contributed by atoms with van der Waals surface area (Å²) in [6, 6.07) is 7.59. The molecular formula is C17H20N2O4S. The first-order valence-corrected chi connectivity index (χ1v) is 8.48. The number of aliphatic hydroxyl groups excluding tert-OH is 1. The molecule has 0 atom stereocenters. The molecule has 24 heavy (non-hydrogen) atoms. The van der Waals surface area contributed by atoms with Crippen molar-refractivity contribution in [3.8, 4) is 0 Å². The van der Waals surface area contributed by atoms with Crippen LogP contribution in [-0.2, 0) is 9.59 Å². The molecule has 0 aliphatic carbocycles. The number of hydrogen-bond acceptors (Lipinski definition) is 5. The average molecular weight is 348 g/mol. The molecule has 1 fully saturated rings. The van der Waals surface area contributed by atoms with E-state index in [9.17, 15) is 14.4 Å². The van der Waals surface area contributed by atoms with Gasteiger partial charge in [0.2, 0.25) is 5.91 Å². The molecule has 1 saturated heterocycles. The minimum Gasteiger partial charge on any atom is -0.395 e. The van der Waals surface area contributed by atoms with Crippen molar-refractivity contribution in [3.63, 3.8) is 0 Å². The van der Waals surface area contributed by atoms with Gasteiger partial charge in [0.1, 0.15) is 6.54 Å². The molecule has 0 bridgehead atoms. The monoisotopic (exact) mass is 348 g/mol. The predicted octanol–water partition coefficient (Wildman–Crippen LogP) is 1.87. The number of hydrogen-bond donors (Lipinski definition) is 1. The summed E-state index contributed by atoms with van der Waals surface area (Å²) in [5.74, 6) is -0.814. The number of imide groups is 1. The maximum atomic E-state index is 12.4. The molecule has 1 aromatic rings. The van der Waals surface area contributed by atoms with E-state index in [0.717, 1.165) is 27.8 Å². The zero-order valence-electron chi connectivity index (χ0n) is 13.7. The fraction of sp³-hybridized carbons (Fsp3) is 0.353. The highest BCUT2D eigenvalue weighted by Crippen LogP contribution is 2.32. The molecule has 7 heteroatoms. The Morgan fingerprint density at radius 3 is 2.75 bits per heavy atom. The summed E-state index contributed by atoms with van der Waals surface area (Å²) in [6.45, 7) is 3.86. The maximum absolute atomic E-state index is 12.4. The number of carbonyl (C=O) groups excluding carboxylic acids is 3. The van der Waals surface area contributed by atoms with Crippen LogP contribution in [0.2, 0.25) is 0 Å². The lowest BCUT2D eigenvalue weighted by Gasteiger charge is -2.22. The molecule has 0 spiro atoms. The first-order chi connectivity index (χ1) is 11.5. The lowest BCUT2D eigenvalue weighted by molar-refractivity contribution is -0.136. The van der Waals surface area contributed by atoms with E-state index in [4.69, 9.17) is 5.11 Å². The molecule has 0 aromatic heterocycles. The standard InChI is InChI=1S/C17H20N2O4S/c1-3-18(7-8-20)15(21)11-19-16(22)14(24-17(19)23)10-13-6-4-5-12(2)9-13/h4-6,9-10,20H,3,7-8,11H2,1-2H3/b14-10-. The first kappa shape index (κ1) is 18.2. The van der Waals surface area contributed by atoms with Gasteiger partial charge in [-0.15, -0.1) is 0 Å². The number of rotatable bonds is 6. The fourth-order valence-corrected chi connectivity index (χ4v) is 3.20. The summed E-state index contributed by atoms with van der Waals surface area (Å²) in [7, 11) is 0. The highest BCUT2D eigenvalue weighted by molar-refractivity contribution is 8.18. The lowest BCUT2D eigenvalue weighted by atomic mass is 10.1. The number of likely N-dealkylation sites (N-methyl/N-ethyl adjacent to an activating group) is 1. The Morgan fingerprint density at radius 2 is 2.12 bits per heavy atom. The number of benzene rings is 1. The molecule has 1 heterocycles. The number of thioether (sulfide) groups is 1. The Bertz CT molecular complexity index is 687. The van der Waals surface area contributed by atoms with Crippen LogP contribution in [0.15, 0.2) is 29.2 Å². The second kappa shape index (κ2) is 8.12. The van der Waals surface area contributed by atoms with Crippen molar-refractivity contribution < 1.29 is 19.5 Å². The van der Waals surface area contributed by atoms with Crippen molar-refractivity contribution in [1.29, 1.82) is 0 Å². The van der Waals surface area contributed by atoms with Crippen LogP contribution in [0.5, 0.6) is 0 Å². The average Bonchev–Trinajstić information content (AvgIpc) is 2.80. The van der Waals surface area contributed by atoms with Crippen molar-refractivity contribution in [3.05, 3.63) is 40.3 Å². The van der Waals surface area contributed by atoms with Crippen LogP contribution in [0, 0.1) is 6.92 Å². The van der Waals surface area contributed by atoms with Gasteiger partial charge in [0.05, 0.1) is 11.5 Å². The normalized spacial score (nSPS) is 16.1. The zero-order chi connectivity index (χ0) is 17.7. The summed E-state index contributed by atoms with van der Waals surface area (Å²) < 4.78 is 0. The van der Waals surface area contributed by atoms with Crippen LogP contribution in [0.4, 0.5) is 4.79 Å². The van der Waals surface area contributed by atoms with Crippen LogP contribution in [0.3, 0.4) is 0 Å². The van der Waals surface area contributed by atoms with Gasteiger partial charge in [-0.1, -0.05) is 29.8 Å². The number of aryl methyl sites for hydroxylation is 1. The SMILES string of the molecule is CCN(CCO)C(=O)CN1C(=O)S/C(=C\c2cccc(C)c2)C1=O. The number of aliphatic hydroxyl groups is 1. The molecule has 128 valence electrons. The Hall–Kier alpha value is -2.12. The predicted molar refractivity (Wildman–Crippen MR) is 93.2 cm³/mol. The third-order valence-corrected chi connectivity index (χ3v) is 4.52. The van der Waals surface area contributed by atoms with Gasteiger partial charge >= 0.3 is 0 Å². The van der Waals surface area contributed by atoms with Crippen LogP contribution >= 0.6 is 11.8 Å². The summed E-state index contributed by atoms with van der Waals surface area (Å²) in [5, 5.41) is 8.50. The second-order valence-corrected chi connectivity index (χ2v) is 6.37. The van der Waals surface area contributed by atoms with Crippen molar-refractivity contribution in [2.45, 2.75) is 13.8 Å². The summed E-state index contributed by atoms with van der Waals surface area (Å²) in [6.07, 6.45) is 1.66. The van der Waals surface area contributed by atoms with Gasteiger partial charge < -0.3 is 10.0 Å². The Morgan fingerprint density at radius 1 is 1.38 bits per heavy atom. The Labute approximate surface area is 145 Å². The van der Waals surface area contributed by atoms with E-state index in [1.807, 2.05) is 31.2 Å². The van der Waals surface area contributed by atoms with Crippen molar-refractivity contribution in [2.24, 2.45) is 0 Å². The molecular weight excluding hydrogens is 328 g/mol. The number of nitrogens with zero attached hydrogens (tertiary/aromatic N) is 2. The van der Waals surface area contributed by atoms with Crippen LogP contribution < -0.4 is 0 Å². The van der Waals surface area contributed by atoms with Gasteiger partial charge in [-0.3, -0.25) is 19.3 Å². The highest BCUT2D eigenvalue weighted by atomic mass is 32.2. The van der Waals surface area contributed by atoms with E-state index in [1.165, 1.54) is 4.90 Å². The molecule has 1 N–H and O–H groups in total. The second-order valence-electron chi connectivity index (χ2n) is 5.38. The van der Waals surface area contributed by atoms with Gasteiger partial charge in [-0.2, -0.15) is 0 Å². The van der Waals surface area contributed by atoms with Crippen LogP contribution in [-0.4, -0.2) is 58.2 Å². The smallest absolute Gasteiger partial charge is 0.294 e. The number of amides is 3. The van der Waals surface area contributed by atoms with E-state index in [1.54, 1.807) is 13.0 Å². The quantitative estimate of drug-likeness (QED) is 0.794. The minimum absolute atomic E-state index is 0.158. The van der Waals surface area contributed by atoms with Gasteiger partial charge in [0, 0.05) is 13.1 Å². The van der Waals surface area contributed by atoms with Crippen molar-refractivity contribution in [2.75, 3.05) is 26.2 Å². The first-order valence-electron chi connectivity index (χ1n) is 7.67. The van der Waals surface area contributed by atoms with E-state index < -0.39 is 11.1 Å². The van der Waals surface area contributed by atoms with E-state index >= 15 is 0 Å². The molecule has 3 amide bonds. The van der Waals surface area contributed by atoms with Gasteiger partial charge in [-0.05, 0) is 37.2 Å². The highest BCUT2D eigenvalue weighted by Gasteiger charge is 2.36. The lowest BCUT2D eigenvalue weighted by Crippen LogP contribution is -2.43. The van der Waals surface area contributed by atoms with Gasteiger partial charge in [-0.25, -0.2) is 0 Å². The molecule has 0 saturated carbocycles. The Balaban J connectivity index is 2.13. The van der Waals surface area contributed by atoms with E-state index in [-0.39, 0.29) is 25.6 Å². The largest absolute Gasteiger partial charge is 0.395 e. The third-order valence-electron chi connectivity index (χ3n) is 3.61. The Kier molecular flexibility index (Phi) is 6.16. The summed E-state index contributed by atoms with van der Waals surface area (Å²) >= 11 is 0.836. The van der Waals surface area contributed by atoms with E-state index in [0.29, 0.717) is 11.4 Å². The van der Waals surface area contributed by atoms with Crippen LogP contribution in [0.1, 0.15) is 18.1 Å². The van der Waals surface area contributed by atoms with Gasteiger partial charge in [0.25, 0.3) is 11.1 Å². The zero-order valence-corrected chi connectivity index (χ0v) is 14.5. The molecule has 1 aliphatic rings. The fourth-order valence-electron chi connectivity index (χ4n) is 2.36. The molecule has 6 nitrogen and oxygen atoms in total. The molecule has 1 aromatic carbocycles. The molecule has 0 radical (unpaired) electrons. The topological polar surface area (TPSA) is 77.9 Å². The van der Waals surface area contributed by atoms with E-state index in [2.05, 4.69) is 0 Å². The maximum Gasteiger partial charge on any atom is 0.294 e. The minimum atomic E-state index is -0.458. The van der Waals surface area contributed by atoms with Gasteiger partial charge in [0.15, 0.2) is 0 Å². The molecule has 2 rings (SSSR count). The summed E-state index contributed by atoms with van der Waals surface area (Å²) in [4.78, 5) is 39.3. The van der Waals surface area contributed by atoms with Crippen LogP contribution in [0.25, 0.3) is 6.08 Å². The number of carbonyl (C=O) groups is 3. The van der Waals surface area contributed by atoms with Crippen molar-refractivity contribution in [1.82, 2.24) is 9.80 Å². The molecule has 0 unspecified atom stereocenters.